The molecule has 30 heavy (non-hydrogen) atoms. The number of nitrogens with zero attached hydrogens (tertiary/aromatic N) is 3. The van der Waals surface area contributed by atoms with Crippen molar-refractivity contribution in [1.29, 1.82) is 10.5 Å². The maximum Gasteiger partial charge on any atom is 0.281 e. The molecule has 2 aliphatic carbocycles. The van der Waals surface area contributed by atoms with E-state index in [0.717, 1.165) is 18.2 Å². The molecule has 2 aliphatic rings. The minimum absolute atomic E-state index is 0.0202. The lowest BCUT2D eigenvalue weighted by Crippen LogP contribution is -2.32. The van der Waals surface area contributed by atoms with Crippen molar-refractivity contribution in [2.45, 2.75) is 42.3 Å². The van der Waals surface area contributed by atoms with Gasteiger partial charge >= 0.3 is 0 Å². The van der Waals surface area contributed by atoms with Gasteiger partial charge in [0.2, 0.25) is 6.19 Å². The Labute approximate surface area is 169 Å². The second kappa shape index (κ2) is 7.42. The van der Waals surface area contributed by atoms with Crippen LogP contribution >= 0.6 is 0 Å². The van der Waals surface area contributed by atoms with Crippen LogP contribution in [0.15, 0.2) is 44.9 Å². The van der Waals surface area contributed by atoms with Gasteiger partial charge in [-0.1, -0.05) is 0 Å². The number of ether oxygens (including phenoxy) is 1. The van der Waals surface area contributed by atoms with Crippen LogP contribution in [0.4, 0.5) is 17.6 Å². The monoisotopic (exact) mass is 441 g/mol. The van der Waals surface area contributed by atoms with Crippen molar-refractivity contribution in [3.63, 3.8) is 0 Å². The van der Waals surface area contributed by atoms with E-state index in [1.807, 2.05) is 0 Å². The molecule has 158 valence electrons. The summed E-state index contributed by atoms with van der Waals surface area (Å²) in [4.78, 5) is -0.522. The SMILES string of the molecule is CC1(Oc2ccc(S(=O)(CF)=NC#N)c3c2CC(F)(F)[C@H]3O)C=C(C#N)C=C(F)C1. The summed E-state index contributed by atoms with van der Waals surface area (Å²) in [5, 5.41) is 27.9. The Bertz CT molecular complexity index is 1170. The van der Waals surface area contributed by atoms with Crippen molar-refractivity contribution in [3.05, 3.63) is 46.8 Å². The van der Waals surface area contributed by atoms with Crippen molar-refractivity contribution in [1.82, 2.24) is 0 Å². The van der Waals surface area contributed by atoms with Crippen LogP contribution in [0.2, 0.25) is 0 Å². The van der Waals surface area contributed by atoms with E-state index in [2.05, 4.69) is 4.36 Å². The molecule has 2 unspecified atom stereocenters. The van der Waals surface area contributed by atoms with Gasteiger partial charge in [0.25, 0.3) is 5.92 Å². The molecule has 0 aromatic heterocycles. The predicted octanol–water partition coefficient (Wildman–Crippen LogP) is 3.99. The number of rotatable bonds is 4. The summed E-state index contributed by atoms with van der Waals surface area (Å²) >= 11 is 0. The highest BCUT2D eigenvalue weighted by Crippen LogP contribution is 2.50. The molecule has 0 amide bonds. The number of hydrogen-bond donors (Lipinski definition) is 1. The molecule has 0 saturated carbocycles. The van der Waals surface area contributed by atoms with E-state index >= 15 is 0 Å². The summed E-state index contributed by atoms with van der Waals surface area (Å²) in [7, 11) is -4.03. The molecular weight excluding hydrogens is 426 g/mol. The zero-order valence-electron chi connectivity index (χ0n) is 15.5. The molecule has 0 aliphatic heterocycles. The fourth-order valence-corrected chi connectivity index (χ4v) is 4.83. The third kappa shape index (κ3) is 3.66. The lowest BCUT2D eigenvalue weighted by molar-refractivity contribution is -0.0977. The quantitative estimate of drug-likeness (QED) is 0.562. The minimum Gasteiger partial charge on any atom is -0.483 e. The molecule has 0 heterocycles. The van der Waals surface area contributed by atoms with E-state index in [-0.39, 0.29) is 23.3 Å². The summed E-state index contributed by atoms with van der Waals surface area (Å²) in [6.07, 6.45) is -0.149. The van der Waals surface area contributed by atoms with Crippen molar-refractivity contribution >= 4 is 9.73 Å². The van der Waals surface area contributed by atoms with Gasteiger partial charge in [0.05, 0.1) is 16.5 Å². The lowest BCUT2D eigenvalue weighted by Gasteiger charge is -2.30. The zero-order valence-corrected chi connectivity index (χ0v) is 16.4. The van der Waals surface area contributed by atoms with Crippen LogP contribution in [0.5, 0.6) is 5.75 Å². The fraction of sp³-hybridized carbons (Fsp3) is 0.368. The molecule has 3 rings (SSSR count). The molecule has 1 aromatic carbocycles. The van der Waals surface area contributed by atoms with Gasteiger partial charge in [0.15, 0.2) is 6.01 Å². The molecule has 1 N–H and O–H groups in total. The molecule has 6 nitrogen and oxygen atoms in total. The summed E-state index contributed by atoms with van der Waals surface area (Å²) in [6.45, 7) is 1.44. The van der Waals surface area contributed by atoms with E-state index in [4.69, 9.17) is 15.3 Å². The average Bonchev–Trinajstić information content (AvgIpc) is 2.91. The minimum atomic E-state index is -4.03. The number of aliphatic hydroxyl groups is 1. The molecule has 3 atom stereocenters. The second-order valence-corrected chi connectivity index (χ2v) is 9.25. The number of nitriles is 2. The number of allylic oxidation sites excluding steroid dienone is 2. The van der Waals surface area contributed by atoms with Gasteiger partial charge in [-0.3, -0.25) is 0 Å². The van der Waals surface area contributed by atoms with Crippen molar-refractivity contribution < 1.29 is 31.6 Å². The number of alkyl halides is 3. The molecule has 0 fully saturated rings. The van der Waals surface area contributed by atoms with E-state index < -0.39 is 56.1 Å². The first kappa shape index (κ1) is 21.8. The summed E-state index contributed by atoms with van der Waals surface area (Å²) in [5.74, 6) is -4.50. The van der Waals surface area contributed by atoms with E-state index in [0.29, 0.717) is 0 Å². The van der Waals surface area contributed by atoms with E-state index in [1.54, 1.807) is 6.07 Å². The standard InChI is InChI=1S/C19H15F4N3O3S/c1-18(5-11(8-24)4-12(21)6-18)29-14-2-3-15(30(28,9-20)26-10-25)16-13(14)7-19(22,23)17(16)27/h2-5,17,27H,6-7,9H2,1H3/t17-,18?,30?/m0/s1. The van der Waals surface area contributed by atoms with Gasteiger partial charge in [0, 0.05) is 24.0 Å². The van der Waals surface area contributed by atoms with Gasteiger partial charge in [-0.25, -0.2) is 21.8 Å². The number of hydrogen-bond acceptors (Lipinski definition) is 6. The fourth-order valence-electron chi connectivity index (χ4n) is 3.58. The van der Waals surface area contributed by atoms with Crippen molar-refractivity contribution in [3.8, 4) is 18.0 Å². The Morgan fingerprint density at radius 1 is 1.37 bits per heavy atom. The zero-order chi connectivity index (χ0) is 22.3. The molecular formula is C19H15F4N3O3S. The van der Waals surface area contributed by atoms with Crippen LogP contribution in [-0.4, -0.2) is 26.8 Å². The van der Waals surface area contributed by atoms with Gasteiger partial charge < -0.3 is 9.84 Å². The summed E-state index contributed by atoms with van der Waals surface area (Å²) in [5.41, 5.74) is -2.20. The number of halogens is 4. The highest BCUT2D eigenvalue weighted by atomic mass is 32.2. The number of fused-ring (bicyclic) bond motifs is 1. The Morgan fingerprint density at radius 3 is 2.67 bits per heavy atom. The first-order chi connectivity index (χ1) is 14.0. The van der Waals surface area contributed by atoms with Crippen LogP contribution in [-0.2, 0) is 16.1 Å². The van der Waals surface area contributed by atoms with Crippen LogP contribution < -0.4 is 4.74 Å². The summed E-state index contributed by atoms with van der Waals surface area (Å²) in [6, 6.07) is 2.29. The lowest BCUT2D eigenvalue weighted by atomic mass is 9.92. The van der Waals surface area contributed by atoms with Gasteiger partial charge in [-0.05, 0) is 31.2 Å². The van der Waals surface area contributed by atoms with E-state index in [9.17, 15) is 26.9 Å². The van der Waals surface area contributed by atoms with Crippen molar-refractivity contribution in [2.24, 2.45) is 4.36 Å². The molecule has 1 aromatic rings. The third-order valence-electron chi connectivity index (χ3n) is 4.80. The Balaban J connectivity index is 2.17. The predicted molar refractivity (Wildman–Crippen MR) is 97.0 cm³/mol. The van der Waals surface area contributed by atoms with Crippen LogP contribution in [0.1, 0.15) is 30.6 Å². The maximum absolute atomic E-state index is 14.3. The largest absolute Gasteiger partial charge is 0.483 e. The van der Waals surface area contributed by atoms with Crippen LogP contribution in [0, 0.1) is 22.8 Å². The van der Waals surface area contributed by atoms with Crippen LogP contribution in [0.25, 0.3) is 0 Å². The molecule has 0 bridgehead atoms. The normalized spacial score (nSPS) is 26.3. The first-order valence-electron chi connectivity index (χ1n) is 8.57. The summed E-state index contributed by atoms with van der Waals surface area (Å²) < 4.78 is 77.5. The van der Waals surface area contributed by atoms with Crippen molar-refractivity contribution in [2.75, 3.05) is 6.01 Å². The highest BCUT2D eigenvalue weighted by molar-refractivity contribution is 7.93. The topological polar surface area (TPSA) is 106 Å². The molecule has 0 radical (unpaired) electrons. The smallest absolute Gasteiger partial charge is 0.281 e. The van der Waals surface area contributed by atoms with Gasteiger partial charge in [0.1, 0.15) is 33.0 Å². The maximum atomic E-state index is 14.3. The molecule has 11 heteroatoms. The number of aliphatic hydroxyl groups excluding tert-OH is 1. The first-order valence-corrected chi connectivity index (χ1v) is 10.3. The number of benzene rings is 1. The van der Waals surface area contributed by atoms with Gasteiger partial charge in [-0.2, -0.15) is 10.5 Å². The van der Waals surface area contributed by atoms with E-state index in [1.165, 1.54) is 19.2 Å². The van der Waals surface area contributed by atoms with Gasteiger partial charge in [-0.15, -0.1) is 4.36 Å². The second-order valence-electron chi connectivity index (χ2n) is 7.13. The van der Waals surface area contributed by atoms with Crippen LogP contribution in [0.3, 0.4) is 0 Å². The Hall–Kier alpha value is -2.89. The Morgan fingerprint density at radius 2 is 2.07 bits per heavy atom. The Kier molecular flexibility index (Phi) is 5.39. The highest BCUT2D eigenvalue weighted by Gasteiger charge is 2.50. The molecule has 0 spiro atoms. The average molecular weight is 441 g/mol. The molecule has 0 saturated heterocycles. The third-order valence-corrected chi connectivity index (χ3v) is 6.52.